The molecule has 0 spiro atoms. The van der Waals surface area contributed by atoms with Gasteiger partial charge in [-0.25, -0.2) is 25.9 Å². The molecule has 0 aromatic heterocycles. The number of rotatable bonds is 10. The van der Waals surface area contributed by atoms with Crippen molar-refractivity contribution in [3.63, 3.8) is 0 Å². The minimum atomic E-state index is -3.84. The quantitative estimate of drug-likeness (QED) is 0.510. The van der Waals surface area contributed by atoms with Crippen LogP contribution in [0.25, 0.3) is 0 Å². The van der Waals surface area contributed by atoms with E-state index >= 15 is 0 Å². The van der Waals surface area contributed by atoms with E-state index in [0.717, 1.165) is 31.2 Å². The summed E-state index contributed by atoms with van der Waals surface area (Å²) in [6, 6.07) is 3.03. The Morgan fingerprint density at radius 1 is 1.04 bits per heavy atom. The van der Waals surface area contributed by atoms with E-state index in [1.807, 2.05) is 6.92 Å². The maximum absolute atomic E-state index is 13.9. The van der Waals surface area contributed by atoms with E-state index < -0.39 is 25.9 Å². The van der Waals surface area contributed by atoms with Crippen molar-refractivity contribution in [1.82, 2.24) is 10.0 Å². The molecule has 1 aromatic carbocycles. The maximum Gasteiger partial charge on any atom is 0.240 e. The van der Waals surface area contributed by atoms with Crippen molar-refractivity contribution in [2.45, 2.75) is 25.2 Å². The zero-order valence-corrected chi connectivity index (χ0v) is 16.0. The molecule has 0 aliphatic rings. The molecule has 0 unspecified atom stereocenters. The summed E-state index contributed by atoms with van der Waals surface area (Å²) >= 11 is 0. The summed E-state index contributed by atoms with van der Waals surface area (Å²) in [4.78, 5) is -0.259. The number of hydrogen-bond donors (Lipinski definition) is 3. The van der Waals surface area contributed by atoms with Gasteiger partial charge in [-0.3, -0.25) is 4.72 Å². The van der Waals surface area contributed by atoms with Crippen LogP contribution in [0.3, 0.4) is 0 Å². The van der Waals surface area contributed by atoms with Crippen molar-refractivity contribution < 1.29 is 21.2 Å². The van der Waals surface area contributed by atoms with Crippen molar-refractivity contribution in [2.24, 2.45) is 0 Å². The van der Waals surface area contributed by atoms with Gasteiger partial charge >= 0.3 is 0 Å². The molecule has 1 aromatic rings. The molecule has 0 radical (unpaired) electrons. The van der Waals surface area contributed by atoms with E-state index in [2.05, 4.69) is 14.8 Å². The Kier molecular flexibility index (Phi) is 9.74. The fourth-order valence-electron chi connectivity index (χ4n) is 1.64. The summed E-state index contributed by atoms with van der Waals surface area (Å²) in [6.07, 6.45) is 0.938. The highest BCUT2D eigenvalue weighted by Gasteiger charge is 2.17. The number of sulfonamides is 2. The third-order valence-corrected chi connectivity index (χ3v) is 5.67. The molecule has 0 atom stereocenters. The third kappa shape index (κ3) is 7.31. The average molecular weight is 404 g/mol. The number of anilines is 1. The fraction of sp³-hybridized carbons (Fsp3) is 0.538. The van der Waals surface area contributed by atoms with Gasteiger partial charge in [0.15, 0.2) is 0 Å². The maximum atomic E-state index is 13.9. The Bertz CT molecular complexity index is 727. The van der Waals surface area contributed by atoms with Crippen LogP contribution in [0.4, 0.5) is 10.1 Å². The van der Waals surface area contributed by atoms with E-state index in [4.69, 9.17) is 0 Å². The third-order valence-electron chi connectivity index (χ3n) is 2.92. The molecule has 0 heterocycles. The standard InChI is InChI=1S/C13H22FN3O4S2.ClH/c1-3-7-15-8-9-16-23(20,21)11-5-6-13(12(14)10-11)17-22(18,19)4-2;/h5-6,10,15-17H,3-4,7-9H2,1-2H3;1H. The molecule has 0 saturated carbocycles. The van der Waals surface area contributed by atoms with Crippen molar-refractivity contribution in [3.05, 3.63) is 24.0 Å². The second kappa shape index (κ2) is 10.1. The minimum absolute atomic E-state index is 0. The molecule has 11 heteroatoms. The van der Waals surface area contributed by atoms with Gasteiger partial charge in [-0.05, 0) is 38.1 Å². The van der Waals surface area contributed by atoms with E-state index in [0.29, 0.717) is 6.54 Å². The second-order valence-electron chi connectivity index (χ2n) is 4.79. The Hall–Kier alpha value is -0.940. The van der Waals surface area contributed by atoms with Crippen LogP contribution in [0.15, 0.2) is 23.1 Å². The van der Waals surface area contributed by atoms with Gasteiger partial charge in [-0.1, -0.05) is 6.92 Å². The van der Waals surface area contributed by atoms with E-state index in [1.165, 1.54) is 6.92 Å². The zero-order valence-electron chi connectivity index (χ0n) is 13.5. The monoisotopic (exact) mass is 403 g/mol. The molecule has 3 N–H and O–H groups in total. The van der Waals surface area contributed by atoms with Crippen molar-refractivity contribution in [3.8, 4) is 0 Å². The second-order valence-corrected chi connectivity index (χ2v) is 8.57. The lowest BCUT2D eigenvalue weighted by Gasteiger charge is -2.10. The van der Waals surface area contributed by atoms with Crippen LogP contribution in [0.2, 0.25) is 0 Å². The van der Waals surface area contributed by atoms with Gasteiger partial charge in [0.1, 0.15) is 5.82 Å². The van der Waals surface area contributed by atoms with Crippen molar-refractivity contribution >= 4 is 38.1 Å². The molecule has 140 valence electrons. The summed E-state index contributed by atoms with van der Waals surface area (Å²) in [5.41, 5.74) is -0.282. The lowest BCUT2D eigenvalue weighted by Crippen LogP contribution is -2.32. The lowest BCUT2D eigenvalue weighted by molar-refractivity contribution is 0.572. The Balaban J connectivity index is 0.00000529. The molecule has 24 heavy (non-hydrogen) atoms. The van der Waals surface area contributed by atoms with Gasteiger partial charge in [0.2, 0.25) is 20.0 Å². The smallest absolute Gasteiger partial charge is 0.240 e. The Morgan fingerprint density at radius 2 is 1.71 bits per heavy atom. The Morgan fingerprint density at radius 3 is 2.25 bits per heavy atom. The SMILES string of the molecule is CCCNCCNS(=O)(=O)c1ccc(NS(=O)(=O)CC)c(F)c1.Cl. The first-order chi connectivity index (χ1) is 10.7. The van der Waals surface area contributed by atoms with Gasteiger partial charge in [0.25, 0.3) is 0 Å². The summed E-state index contributed by atoms with van der Waals surface area (Å²) < 4.78 is 65.2. The first kappa shape index (κ1) is 23.1. The predicted molar refractivity (Wildman–Crippen MR) is 95.1 cm³/mol. The van der Waals surface area contributed by atoms with Crippen LogP contribution < -0.4 is 14.8 Å². The highest BCUT2D eigenvalue weighted by molar-refractivity contribution is 7.92. The van der Waals surface area contributed by atoms with Crippen LogP contribution in [0.5, 0.6) is 0 Å². The number of hydrogen-bond acceptors (Lipinski definition) is 5. The molecule has 0 aliphatic heterocycles. The summed E-state index contributed by atoms with van der Waals surface area (Å²) in [5.74, 6) is -1.16. The fourth-order valence-corrected chi connectivity index (χ4v) is 3.33. The largest absolute Gasteiger partial charge is 0.315 e. The summed E-state index contributed by atoms with van der Waals surface area (Å²) in [5, 5.41) is 3.03. The molecule has 0 fully saturated rings. The van der Waals surface area contributed by atoms with Gasteiger partial charge in [0.05, 0.1) is 16.3 Å². The molecule has 0 aliphatic carbocycles. The first-order valence-corrected chi connectivity index (χ1v) is 10.4. The van der Waals surface area contributed by atoms with Crippen molar-refractivity contribution in [2.75, 3.05) is 30.1 Å². The van der Waals surface area contributed by atoms with Gasteiger partial charge in [-0.15, -0.1) is 12.4 Å². The average Bonchev–Trinajstić information content (AvgIpc) is 2.49. The molecule has 0 bridgehead atoms. The molecule has 0 amide bonds. The number of halogens is 2. The lowest BCUT2D eigenvalue weighted by atomic mass is 10.3. The van der Waals surface area contributed by atoms with Crippen LogP contribution in [0, 0.1) is 5.82 Å². The molecule has 1 rings (SSSR count). The van der Waals surface area contributed by atoms with Crippen LogP contribution in [-0.2, 0) is 20.0 Å². The van der Waals surface area contributed by atoms with Crippen LogP contribution in [0.1, 0.15) is 20.3 Å². The highest BCUT2D eigenvalue weighted by atomic mass is 35.5. The highest BCUT2D eigenvalue weighted by Crippen LogP contribution is 2.20. The predicted octanol–water partition coefficient (Wildman–Crippen LogP) is 1.29. The molecular weight excluding hydrogens is 381 g/mol. The molecule has 7 nitrogen and oxygen atoms in total. The van der Waals surface area contributed by atoms with E-state index in [-0.39, 0.29) is 35.3 Å². The molecular formula is C13H23ClFN3O4S2. The van der Waals surface area contributed by atoms with Gasteiger partial charge < -0.3 is 5.32 Å². The normalized spacial score (nSPS) is 11.8. The summed E-state index contributed by atoms with van der Waals surface area (Å²) in [7, 11) is -7.47. The Labute approximate surface area is 148 Å². The zero-order chi connectivity index (χ0) is 17.5. The van der Waals surface area contributed by atoms with Crippen LogP contribution in [-0.4, -0.2) is 42.2 Å². The molecule has 0 saturated heterocycles. The van der Waals surface area contributed by atoms with Crippen molar-refractivity contribution in [1.29, 1.82) is 0 Å². The van der Waals surface area contributed by atoms with E-state index in [9.17, 15) is 21.2 Å². The van der Waals surface area contributed by atoms with E-state index in [1.54, 1.807) is 0 Å². The topological polar surface area (TPSA) is 104 Å². The van der Waals surface area contributed by atoms with Gasteiger partial charge in [0, 0.05) is 13.1 Å². The van der Waals surface area contributed by atoms with Crippen LogP contribution >= 0.6 is 12.4 Å². The number of benzene rings is 1. The first-order valence-electron chi connectivity index (χ1n) is 7.22. The summed E-state index contributed by atoms with van der Waals surface area (Å²) in [6.45, 7) is 4.82. The van der Waals surface area contributed by atoms with Gasteiger partial charge in [-0.2, -0.15) is 0 Å². The number of nitrogens with one attached hydrogen (secondary N) is 3. The minimum Gasteiger partial charge on any atom is -0.315 e.